The summed E-state index contributed by atoms with van der Waals surface area (Å²) in [5.41, 5.74) is 2.91. The molecule has 0 aliphatic carbocycles. The Bertz CT molecular complexity index is 918. The Morgan fingerprint density at radius 1 is 1.33 bits per heavy atom. The lowest BCUT2D eigenvalue weighted by molar-refractivity contribution is -0.121. The maximum absolute atomic E-state index is 12.9. The Morgan fingerprint density at radius 2 is 2.17 bits per heavy atom. The van der Waals surface area contributed by atoms with Crippen LogP contribution in [0.2, 0.25) is 0 Å². The van der Waals surface area contributed by atoms with Crippen molar-refractivity contribution in [3.8, 4) is 0 Å². The molecule has 1 saturated heterocycles. The van der Waals surface area contributed by atoms with Gasteiger partial charge in [0.05, 0.1) is 30.4 Å². The third-order valence-corrected chi connectivity index (χ3v) is 6.27. The molecule has 3 rings (SSSR count). The molecule has 2 aromatic heterocycles. The van der Waals surface area contributed by atoms with Gasteiger partial charge in [-0.15, -0.1) is 0 Å². The molecule has 164 valence electrons. The number of amides is 1. The van der Waals surface area contributed by atoms with Crippen molar-refractivity contribution in [3.63, 3.8) is 0 Å². The van der Waals surface area contributed by atoms with Gasteiger partial charge in [0.25, 0.3) is 5.56 Å². The van der Waals surface area contributed by atoms with Crippen molar-refractivity contribution in [1.29, 1.82) is 0 Å². The Hall–Kier alpha value is -2.26. The van der Waals surface area contributed by atoms with E-state index in [0.717, 1.165) is 48.8 Å². The number of carbonyl (C=O) groups excluding carboxylic acids is 1. The summed E-state index contributed by atoms with van der Waals surface area (Å²) in [4.78, 5) is 29.7. The van der Waals surface area contributed by atoms with Gasteiger partial charge in [-0.1, -0.05) is 0 Å². The van der Waals surface area contributed by atoms with Gasteiger partial charge in [0.15, 0.2) is 0 Å². The van der Waals surface area contributed by atoms with Gasteiger partial charge in [-0.3, -0.25) is 9.59 Å². The minimum Gasteiger partial charge on any atom is -0.377 e. The summed E-state index contributed by atoms with van der Waals surface area (Å²) in [7, 11) is 0. The number of rotatable bonds is 9. The first-order valence-electron chi connectivity index (χ1n) is 10.5. The van der Waals surface area contributed by atoms with Crippen molar-refractivity contribution in [2.45, 2.75) is 65.8 Å². The van der Waals surface area contributed by atoms with Gasteiger partial charge in [0.2, 0.25) is 5.91 Å². The number of aryl methyl sites for hydroxylation is 3. The fourth-order valence-electron chi connectivity index (χ4n) is 3.49. The van der Waals surface area contributed by atoms with Crippen LogP contribution in [-0.2, 0) is 29.2 Å². The number of nitrogens with one attached hydrogen (secondary N) is 2. The SMILES string of the molecule is CCn1cnc(C)c1CNC(=O)Cn1c(C)ccc(NSCC2CCCCO2)c1=O. The number of nitrogens with zero attached hydrogens (tertiary/aromatic N) is 3. The first kappa shape index (κ1) is 22.4. The molecule has 3 heterocycles. The quantitative estimate of drug-likeness (QED) is 0.591. The van der Waals surface area contributed by atoms with Gasteiger partial charge in [-0.05, 0) is 64.1 Å². The van der Waals surface area contributed by atoms with Crippen molar-refractivity contribution < 1.29 is 9.53 Å². The van der Waals surface area contributed by atoms with E-state index in [1.807, 2.05) is 31.4 Å². The average molecular weight is 434 g/mol. The number of ether oxygens (including phenoxy) is 1. The van der Waals surface area contributed by atoms with Crippen LogP contribution in [-0.4, -0.2) is 38.5 Å². The van der Waals surface area contributed by atoms with E-state index in [1.54, 1.807) is 12.4 Å². The molecule has 0 aromatic carbocycles. The monoisotopic (exact) mass is 433 g/mol. The lowest BCUT2D eigenvalue weighted by atomic mass is 10.1. The average Bonchev–Trinajstić information content (AvgIpc) is 3.11. The lowest BCUT2D eigenvalue weighted by Crippen LogP contribution is -2.34. The summed E-state index contributed by atoms with van der Waals surface area (Å²) in [6.45, 7) is 7.77. The van der Waals surface area contributed by atoms with Crippen molar-refractivity contribution in [1.82, 2.24) is 19.4 Å². The first-order chi connectivity index (χ1) is 14.5. The number of hydrogen-bond donors (Lipinski definition) is 2. The Balaban J connectivity index is 1.58. The standard InChI is InChI=1S/C21H31N5O3S/c1-4-25-14-23-16(3)19(25)11-22-20(27)12-26-15(2)8-9-18(21(26)28)24-30-13-17-7-5-6-10-29-17/h8-9,14,17,24H,4-7,10-13H2,1-3H3,(H,22,27). The van der Waals surface area contributed by atoms with Crippen LogP contribution in [0.5, 0.6) is 0 Å². The molecule has 2 aromatic rings. The van der Waals surface area contributed by atoms with E-state index in [4.69, 9.17) is 4.74 Å². The zero-order valence-electron chi connectivity index (χ0n) is 17.9. The minimum atomic E-state index is -0.205. The van der Waals surface area contributed by atoms with E-state index in [1.165, 1.54) is 22.9 Å². The van der Waals surface area contributed by atoms with E-state index >= 15 is 0 Å². The van der Waals surface area contributed by atoms with Crippen molar-refractivity contribution in [3.05, 3.63) is 45.9 Å². The predicted molar refractivity (Wildman–Crippen MR) is 120 cm³/mol. The lowest BCUT2D eigenvalue weighted by Gasteiger charge is -2.22. The van der Waals surface area contributed by atoms with Gasteiger partial charge in [-0.25, -0.2) is 4.98 Å². The number of pyridine rings is 1. The highest BCUT2D eigenvalue weighted by atomic mass is 32.2. The summed E-state index contributed by atoms with van der Waals surface area (Å²) >= 11 is 1.48. The van der Waals surface area contributed by atoms with Crippen LogP contribution >= 0.6 is 11.9 Å². The third-order valence-electron chi connectivity index (χ3n) is 5.37. The van der Waals surface area contributed by atoms with Crippen LogP contribution in [0.4, 0.5) is 5.69 Å². The van der Waals surface area contributed by atoms with Crippen LogP contribution in [0.25, 0.3) is 0 Å². The second-order valence-corrected chi connectivity index (χ2v) is 8.35. The molecule has 9 heteroatoms. The van der Waals surface area contributed by atoms with Crippen molar-refractivity contribution in [2.24, 2.45) is 0 Å². The molecule has 0 spiro atoms. The van der Waals surface area contributed by atoms with Crippen LogP contribution < -0.4 is 15.6 Å². The van der Waals surface area contributed by atoms with Crippen LogP contribution in [0.3, 0.4) is 0 Å². The molecule has 1 atom stereocenters. The number of imidazole rings is 1. The van der Waals surface area contributed by atoms with E-state index < -0.39 is 0 Å². The van der Waals surface area contributed by atoms with Crippen LogP contribution in [0.15, 0.2) is 23.3 Å². The highest BCUT2D eigenvalue weighted by molar-refractivity contribution is 8.00. The molecule has 1 aliphatic heterocycles. The fourth-order valence-corrected chi connectivity index (χ4v) is 4.33. The molecule has 30 heavy (non-hydrogen) atoms. The Kier molecular flexibility index (Phi) is 7.98. The number of hydrogen-bond acceptors (Lipinski definition) is 6. The van der Waals surface area contributed by atoms with Gasteiger partial charge in [0.1, 0.15) is 12.2 Å². The van der Waals surface area contributed by atoms with Gasteiger partial charge < -0.3 is 23.9 Å². The maximum Gasteiger partial charge on any atom is 0.275 e. The van der Waals surface area contributed by atoms with Crippen molar-refractivity contribution >= 4 is 23.5 Å². The van der Waals surface area contributed by atoms with Crippen LogP contribution in [0.1, 0.15) is 43.3 Å². The van der Waals surface area contributed by atoms with Gasteiger partial charge in [-0.2, -0.15) is 0 Å². The van der Waals surface area contributed by atoms with Crippen molar-refractivity contribution in [2.75, 3.05) is 17.1 Å². The normalized spacial score (nSPS) is 16.4. The molecule has 1 fully saturated rings. The molecule has 1 unspecified atom stereocenters. The highest BCUT2D eigenvalue weighted by Gasteiger charge is 2.15. The Labute approximate surface area is 181 Å². The fraction of sp³-hybridized carbons (Fsp3) is 0.571. The minimum absolute atomic E-state index is 0.0180. The predicted octanol–water partition coefficient (Wildman–Crippen LogP) is 2.63. The van der Waals surface area contributed by atoms with E-state index in [2.05, 4.69) is 15.0 Å². The molecule has 0 saturated carbocycles. The second kappa shape index (κ2) is 10.7. The molecule has 1 aliphatic rings. The van der Waals surface area contributed by atoms with E-state index in [-0.39, 0.29) is 24.1 Å². The largest absolute Gasteiger partial charge is 0.377 e. The smallest absolute Gasteiger partial charge is 0.275 e. The number of carbonyl (C=O) groups is 1. The molecule has 8 nitrogen and oxygen atoms in total. The molecule has 0 bridgehead atoms. The van der Waals surface area contributed by atoms with E-state index in [0.29, 0.717) is 12.2 Å². The van der Waals surface area contributed by atoms with Gasteiger partial charge >= 0.3 is 0 Å². The Morgan fingerprint density at radius 3 is 2.90 bits per heavy atom. The molecule has 0 radical (unpaired) electrons. The summed E-state index contributed by atoms with van der Waals surface area (Å²) in [5.74, 6) is 0.585. The zero-order chi connectivity index (χ0) is 21.5. The third kappa shape index (κ3) is 5.66. The summed E-state index contributed by atoms with van der Waals surface area (Å²) in [6, 6.07) is 3.62. The maximum atomic E-state index is 12.9. The second-order valence-electron chi connectivity index (χ2n) is 7.52. The number of anilines is 1. The first-order valence-corrected chi connectivity index (χ1v) is 11.4. The highest BCUT2D eigenvalue weighted by Crippen LogP contribution is 2.18. The summed E-state index contributed by atoms with van der Waals surface area (Å²) in [5, 5.41) is 2.91. The molecular weight excluding hydrogens is 402 g/mol. The number of aromatic nitrogens is 3. The molecule has 1 amide bonds. The molecular formula is C21H31N5O3S. The molecule has 2 N–H and O–H groups in total. The van der Waals surface area contributed by atoms with Crippen LogP contribution in [0, 0.1) is 13.8 Å². The summed E-state index contributed by atoms with van der Waals surface area (Å²) in [6.07, 6.45) is 5.38. The summed E-state index contributed by atoms with van der Waals surface area (Å²) < 4.78 is 12.4. The zero-order valence-corrected chi connectivity index (χ0v) is 18.8. The van der Waals surface area contributed by atoms with Gasteiger partial charge in [0, 0.05) is 24.6 Å². The van der Waals surface area contributed by atoms with E-state index in [9.17, 15) is 9.59 Å². The topological polar surface area (TPSA) is 90.2 Å².